The third-order valence-corrected chi connectivity index (χ3v) is 0.0825. The zero-order valence-electron chi connectivity index (χ0n) is 3.67. The summed E-state index contributed by atoms with van der Waals surface area (Å²) in [5, 5.41) is 0. The molecule has 0 unspecified atom stereocenters. The Balaban J connectivity index is 0. The maximum atomic E-state index is 10.2. The molecular formula is C3H3F5. The van der Waals surface area contributed by atoms with Crippen LogP contribution in [0, 0.1) is 0 Å². The van der Waals surface area contributed by atoms with Gasteiger partial charge in [0.1, 0.15) is 0 Å². The molecule has 0 spiro atoms. The van der Waals surface area contributed by atoms with Gasteiger partial charge in [-0.1, -0.05) is 0 Å². The van der Waals surface area contributed by atoms with Crippen LogP contribution in [0.1, 0.15) is 0 Å². The molecule has 0 radical (unpaired) electrons. The van der Waals surface area contributed by atoms with Gasteiger partial charge in [0.25, 0.3) is 6.08 Å². The Hall–Kier alpha value is -0.610. The molecule has 8 heavy (non-hydrogen) atoms. The molecule has 0 bridgehead atoms. The van der Waals surface area contributed by atoms with Gasteiger partial charge >= 0.3 is 0 Å². The molecule has 0 amide bonds. The lowest BCUT2D eigenvalue weighted by molar-refractivity contribution is 0.295. The largest absolute Gasteiger partial charge is 0.298 e. The number of hydrogen-bond donors (Lipinski definition) is 0. The molecule has 50 valence electrons. The normalized spacial score (nSPS) is 6.62. The molecule has 5 heteroatoms. The summed E-state index contributed by atoms with van der Waals surface area (Å²) >= 11 is 0. The summed E-state index contributed by atoms with van der Waals surface area (Å²) in [5.74, 6) is 0. The van der Waals surface area contributed by atoms with Gasteiger partial charge in [-0.3, -0.25) is 0 Å². The lowest BCUT2D eigenvalue weighted by atomic mass is 11.1. The van der Waals surface area contributed by atoms with Crippen molar-refractivity contribution < 1.29 is 22.0 Å². The van der Waals surface area contributed by atoms with Gasteiger partial charge in [0.15, 0.2) is 6.33 Å². The monoisotopic (exact) mass is 134 g/mol. The molecule has 0 nitrogen and oxygen atoms in total. The average molecular weight is 134 g/mol. The Morgan fingerprint density at radius 2 is 1.38 bits per heavy atom. The second kappa shape index (κ2) is 9.63. The summed E-state index contributed by atoms with van der Waals surface area (Å²) in [7, 11) is 0. The Labute approximate surface area is 42.6 Å². The highest BCUT2D eigenvalue weighted by Gasteiger charge is 1.78. The number of rotatable bonds is 0. The highest BCUT2D eigenvalue weighted by atomic mass is 19.3. The minimum Gasteiger partial charge on any atom is -0.214 e. The van der Waals surface area contributed by atoms with Gasteiger partial charge in [-0.25, -0.2) is 13.2 Å². The number of halogens is 5. The summed E-state index contributed by atoms with van der Waals surface area (Å²) in [4.78, 5) is 0. The first-order chi connectivity index (χ1) is 3.68. The van der Waals surface area contributed by atoms with E-state index in [2.05, 4.69) is 0 Å². The fraction of sp³-hybridized carbons (Fsp3) is 0.333. The van der Waals surface area contributed by atoms with Gasteiger partial charge in [0.2, 0.25) is 6.93 Å². The zero-order valence-corrected chi connectivity index (χ0v) is 3.67. The van der Waals surface area contributed by atoms with Crippen LogP contribution in [-0.2, 0) is 0 Å². The lowest BCUT2D eigenvalue weighted by Crippen LogP contribution is -1.42. The summed E-state index contributed by atoms with van der Waals surface area (Å²) in [6.45, 7) is -1.75. The van der Waals surface area contributed by atoms with Crippen LogP contribution < -0.4 is 0 Å². The van der Waals surface area contributed by atoms with E-state index in [-0.39, 0.29) is 0 Å². The Morgan fingerprint density at radius 3 is 1.38 bits per heavy atom. The van der Waals surface area contributed by atoms with E-state index in [0.717, 1.165) is 0 Å². The topological polar surface area (TPSA) is 0 Å². The third kappa shape index (κ3) is 53.8. The van der Waals surface area contributed by atoms with Crippen molar-refractivity contribution in [1.29, 1.82) is 0 Å². The Morgan fingerprint density at radius 1 is 1.25 bits per heavy atom. The predicted octanol–water partition coefficient (Wildman–Crippen LogP) is 2.58. The molecule has 0 atom stereocenters. The molecule has 0 heterocycles. The molecule has 0 aliphatic rings. The van der Waals surface area contributed by atoms with E-state index in [4.69, 9.17) is 0 Å². The van der Waals surface area contributed by atoms with Gasteiger partial charge in [-0.15, -0.1) is 0 Å². The third-order valence-electron chi connectivity index (χ3n) is 0.0825. The van der Waals surface area contributed by atoms with Gasteiger partial charge in [0.05, 0.1) is 0 Å². The molecule has 0 aromatic carbocycles. The maximum absolute atomic E-state index is 10.2. The summed E-state index contributed by atoms with van der Waals surface area (Å²) in [5.41, 5.74) is 0. The molecule has 0 saturated carbocycles. The van der Waals surface area contributed by atoms with Gasteiger partial charge in [-0.05, 0) is 0 Å². The van der Waals surface area contributed by atoms with Crippen LogP contribution in [0.15, 0.2) is 12.4 Å². The SMILES string of the molecule is FC=C(F)F.FCF. The van der Waals surface area contributed by atoms with Gasteiger partial charge < -0.3 is 0 Å². The first-order valence-electron chi connectivity index (χ1n) is 1.42. The zero-order chi connectivity index (χ0) is 6.99. The molecule has 0 aliphatic carbocycles. The standard InChI is InChI=1S/C2HF3.CH2F2/c3-1-2(4)5;2-1-3/h1H;1H2. The van der Waals surface area contributed by atoms with Crippen molar-refractivity contribution in [3.63, 3.8) is 0 Å². The average Bonchev–Trinajstić information content (AvgIpc) is 1.69. The molecule has 0 rings (SSSR count). The fourth-order valence-electron chi connectivity index (χ4n) is 0. The molecule has 0 fully saturated rings. The van der Waals surface area contributed by atoms with Crippen LogP contribution in [-0.4, -0.2) is 6.93 Å². The summed E-state index contributed by atoms with van der Waals surface area (Å²) in [6, 6.07) is 0. The Bertz CT molecular complexity index is 54.7. The lowest BCUT2D eigenvalue weighted by Gasteiger charge is -1.59. The van der Waals surface area contributed by atoms with E-state index in [1.165, 1.54) is 0 Å². The van der Waals surface area contributed by atoms with E-state index < -0.39 is 19.3 Å². The minimum absolute atomic E-state index is 0.750. The molecular weight excluding hydrogens is 131 g/mol. The summed E-state index contributed by atoms with van der Waals surface area (Å²) in [6.07, 6.45) is -3.04. The first-order valence-corrected chi connectivity index (χ1v) is 1.42. The van der Waals surface area contributed by atoms with Crippen molar-refractivity contribution in [2.45, 2.75) is 0 Å². The van der Waals surface area contributed by atoms with Crippen LogP contribution in [0.5, 0.6) is 0 Å². The van der Waals surface area contributed by atoms with Crippen LogP contribution in [0.4, 0.5) is 22.0 Å². The van der Waals surface area contributed by atoms with Crippen molar-refractivity contribution in [3.05, 3.63) is 12.4 Å². The van der Waals surface area contributed by atoms with Gasteiger partial charge in [0, 0.05) is 0 Å². The number of alkyl halides is 2. The van der Waals surface area contributed by atoms with Crippen molar-refractivity contribution in [3.8, 4) is 0 Å². The van der Waals surface area contributed by atoms with Crippen LogP contribution in [0.25, 0.3) is 0 Å². The molecule has 0 aromatic heterocycles. The second-order valence-electron chi connectivity index (χ2n) is 0.500. The van der Waals surface area contributed by atoms with E-state index in [1.54, 1.807) is 0 Å². The molecule has 0 saturated heterocycles. The minimum atomic E-state index is -2.29. The fourth-order valence-corrected chi connectivity index (χ4v) is 0. The van der Waals surface area contributed by atoms with Crippen LogP contribution in [0.3, 0.4) is 0 Å². The van der Waals surface area contributed by atoms with Crippen LogP contribution >= 0.6 is 0 Å². The van der Waals surface area contributed by atoms with E-state index >= 15 is 0 Å². The maximum Gasteiger partial charge on any atom is 0.298 e. The second-order valence-corrected chi connectivity index (χ2v) is 0.500. The smallest absolute Gasteiger partial charge is 0.214 e. The van der Waals surface area contributed by atoms with Crippen molar-refractivity contribution in [2.75, 3.05) is 6.93 Å². The quantitative estimate of drug-likeness (QED) is 0.446. The summed E-state index contributed by atoms with van der Waals surface area (Å²) < 4.78 is 50.0. The van der Waals surface area contributed by atoms with E-state index in [9.17, 15) is 22.0 Å². The van der Waals surface area contributed by atoms with Crippen molar-refractivity contribution >= 4 is 0 Å². The van der Waals surface area contributed by atoms with Gasteiger partial charge in [-0.2, -0.15) is 8.78 Å². The van der Waals surface area contributed by atoms with Crippen molar-refractivity contribution in [2.24, 2.45) is 0 Å². The molecule has 0 aliphatic heterocycles. The Kier molecular flexibility index (Phi) is 12.5. The molecule has 0 N–H and O–H groups in total. The molecule has 0 aromatic rings. The van der Waals surface area contributed by atoms with E-state index in [0.29, 0.717) is 0 Å². The van der Waals surface area contributed by atoms with Crippen molar-refractivity contribution in [1.82, 2.24) is 0 Å². The number of hydrogen-bond acceptors (Lipinski definition) is 0. The highest BCUT2D eigenvalue weighted by Crippen LogP contribution is 1.93. The predicted molar refractivity (Wildman–Crippen MR) is 18.5 cm³/mol. The van der Waals surface area contributed by atoms with E-state index in [1.807, 2.05) is 0 Å². The first kappa shape index (κ1) is 10.4. The van der Waals surface area contributed by atoms with Crippen LogP contribution in [0.2, 0.25) is 0 Å². The highest BCUT2D eigenvalue weighted by molar-refractivity contribution is 4.66.